The number of fused-ring (bicyclic) bond motifs is 1. The van der Waals surface area contributed by atoms with Gasteiger partial charge in [0.1, 0.15) is 11.6 Å². The molecule has 9 nitrogen and oxygen atoms in total. The summed E-state index contributed by atoms with van der Waals surface area (Å²) >= 11 is 5.70. The minimum atomic E-state index is -0.843. The first kappa shape index (κ1) is 21.7. The minimum Gasteiger partial charge on any atom is -0.454 e. The van der Waals surface area contributed by atoms with Gasteiger partial charge in [-0.25, -0.2) is 0 Å². The average molecular weight is 442 g/mol. The smallest absolute Gasteiger partial charge is 0.325 e. The molecule has 0 aliphatic carbocycles. The number of hydrogen-bond acceptors (Lipinski definition) is 6. The molecule has 0 spiro atoms. The maximum Gasteiger partial charge on any atom is 0.325 e. The fraction of sp³-hybridized carbons (Fsp3) is 0.0952. The van der Waals surface area contributed by atoms with Crippen molar-refractivity contribution in [3.8, 4) is 0 Å². The van der Waals surface area contributed by atoms with Gasteiger partial charge in [-0.05, 0) is 23.6 Å². The number of ether oxygens (including phenoxy) is 1. The van der Waals surface area contributed by atoms with Crippen molar-refractivity contribution in [1.29, 1.82) is 0 Å². The Hall–Kier alpha value is -3.98. The van der Waals surface area contributed by atoms with Crippen LogP contribution in [-0.2, 0) is 14.3 Å². The molecule has 0 aliphatic rings. The summed E-state index contributed by atoms with van der Waals surface area (Å²) in [7, 11) is 0. The Labute approximate surface area is 181 Å². The van der Waals surface area contributed by atoms with E-state index < -0.39 is 41.5 Å². The van der Waals surface area contributed by atoms with E-state index >= 15 is 0 Å². The van der Waals surface area contributed by atoms with Crippen LogP contribution in [0.4, 0.5) is 11.4 Å². The van der Waals surface area contributed by atoms with Gasteiger partial charge < -0.3 is 15.4 Å². The standard InChI is InChI=1S/C21H16ClN3O6/c22-16-9-8-14(10-18(16)25(29)30)21(28)23-11-20(27)31-12-19(26)24-17-7-3-5-13-4-1-2-6-15(13)17/h1-10H,11-12H2,(H,23,28)(H,24,26). The first-order chi connectivity index (χ1) is 14.8. The van der Waals surface area contributed by atoms with Crippen molar-refractivity contribution in [1.82, 2.24) is 5.32 Å². The molecule has 31 heavy (non-hydrogen) atoms. The number of nitrogens with one attached hydrogen (secondary N) is 2. The molecule has 2 N–H and O–H groups in total. The third-order valence-corrected chi connectivity index (χ3v) is 4.55. The summed E-state index contributed by atoms with van der Waals surface area (Å²) in [6.07, 6.45) is 0. The van der Waals surface area contributed by atoms with Crippen LogP contribution >= 0.6 is 11.6 Å². The van der Waals surface area contributed by atoms with Crippen LogP contribution in [0.25, 0.3) is 10.8 Å². The highest BCUT2D eigenvalue weighted by molar-refractivity contribution is 6.32. The zero-order chi connectivity index (χ0) is 22.4. The summed E-state index contributed by atoms with van der Waals surface area (Å²) in [6, 6.07) is 16.4. The third-order valence-electron chi connectivity index (χ3n) is 4.23. The Morgan fingerprint density at radius 2 is 1.77 bits per heavy atom. The van der Waals surface area contributed by atoms with Gasteiger partial charge in [0, 0.05) is 22.7 Å². The summed E-state index contributed by atoms with van der Waals surface area (Å²) in [6.45, 7) is -1.05. The Kier molecular flexibility index (Phi) is 6.78. The lowest BCUT2D eigenvalue weighted by molar-refractivity contribution is -0.384. The molecule has 0 bridgehead atoms. The van der Waals surface area contributed by atoms with E-state index in [1.807, 2.05) is 30.3 Å². The summed E-state index contributed by atoms with van der Waals surface area (Å²) in [5.41, 5.74) is 0.108. The lowest BCUT2D eigenvalue weighted by Crippen LogP contribution is -2.32. The molecule has 0 fully saturated rings. The minimum absolute atomic E-state index is 0.0439. The number of esters is 1. The molecule has 0 radical (unpaired) electrons. The Morgan fingerprint density at radius 3 is 2.55 bits per heavy atom. The van der Waals surface area contributed by atoms with Crippen LogP contribution in [0.3, 0.4) is 0 Å². The van der Waals surface area contributed by atoms with Gasteiger partial charge in [0.15, 0.2) is 6.61 Å². The van der Waals surface area contributed by atoms with Crippen molar-refractivity contribution in [2.45, 2.75) is 0 Å². The molecule has 10 heteroatoms. The molecule has 3 rings (SSSR count). The molecule has 0 atom stereocenters. The first-order valence-corrected chi connectivity index (χ1v) is 9.38. The van der Waals surface area contributed by atoms with Gasteiger partial charge in [-0.3, -0.25) is 24.5 Å². The van der Waals surface area contributed by atoms with Crippen LogP contribution in [0.5, 0.6) is 0 Å². The second-order valence-electron chi connectivity index (χ2n) is 6.34. The van der Waals surface area contributed by atoms with Gasteiger partial charge in [0.05, 0.1) is 4.92 Å². The lowest BCUT2D eigenvalue weighted by Gasteiger charge is -2.10. The van der Waals surface area contributed by atoms with E-state index in [2.05, 4.69) is 10.6 Å². The van der Waals surface area contributed by atoms with Crippen LogP contribution in [0, 0.1) is 10.1 Å². The number of nitro groups is 1. The Balaban J connectivity index is 1.50. The molecule has 0 aliphatic heterocycles. The van der Waals surface area contributed by atoms with Gasteiger partial charge in [-0.2, -0.15) is 0 Å². The first-order valence-electron chi connectivity index (χ1n) is 9.00. The van der Waals surface area contributed by atoms with E-state index in [9.17, 15) is 24.5 Å². The summed E-state index contributed by atoms with van der Waals surface area (Å²) in [4.78, 5) is 46.2. The number of nitro benzene ring substituents is 1. The fourth-order valence-corrected chi connectivity index (χ4v) is 2.95. The zero-order valence-corrected chi connectivity index (χ0v) is 16.7. The molecule has 158 valence electrons. The normalized spacial score (nSPS) is 10.4. The van der Waals surface area contributed by atoms with Crippen molar-refractivity contribution in [2.24, 2.45) is 0 Å². The van der Waals surface area contributed by atoms with Gasteiger partial charge >= 0.3 is 5.97 Å². The number of amides is 2. The number of nitrogens with zero attached hydrogens (tertiary/aromatic N) is 1. The fourth-order valence-electron chi connectivity index (χ4n) is 2.77. The van der Waals surface area contributed by atoms with Crippen LogP contribution in [0.15, 0.2) is 60.7 Å². The van der Waals surface area contributed by atoms with E-state index in [0.717, 1.165) is 16.8 Å². The zero-order valence-electron chi connectivity index (χ0n) is 16.0. The highest BCUT2D eigenvalue weighted by atomic mass is 35.5. The van der Waals surface area contributed by atoms with Crippen LogP contribution in [-0.4, -0.2) is 35.9 Å². The maximum absolute atomic E-state index is 12.1. The Morgan fingerprint density at radius 1 is 1.03 bits per heavy atom. The van der Waals surface area contributed by atoms with Gasteiger partial charge in [0.2, 0.25) is 0 Å². The number of rotatable bonds is 7. The number of anilines is 1. The largest absolute Gasteiger partial charge is 0.454 e. The summed E-state index contributed by atoms with van der Waals surface area (Å²) in [5.74, 6) is -2.11. The molecule has 3 aromatic carbocycles. The van der Waals surface area contributed by atoms with Crippen molar-refractivity contribution >= 4 is 51.5 Å². The van der Waals surface area contributed by atoms with Crippen LogP contribution < -0.4 is 10.6 Å². The molecule has 2 amide bonds. The van der Waals surface area contributed by atoms with E-state index in [1.165, 1.54) is 12.1 Å². The number of halogens is 1. The third kappa shape index (κ3) is 5.55. The quantitative estimate of drug-likeness (QED) is 0.329. The maximum atomic E-state index is 12.1. The van der Waals surface area contributed by atoms with Crippen molar-refractivity contribution in [3.63, 3.8) is 0 Å². The molecule has 0 heterocycles. The monoisotopic (exact) mass is 441 g/mol. The van der Waals surface area contributed by atoms with Gasteiger partial charge in [0.25, 0.3) is 17.5 Å². The van der Waals surface area contributed by atoms with Crippen molar-refractivity contribution in [3.05, 3.63) is 81.4 Å². The van der Waals surface area contributed by atoms with E-state index in [0.29, 0.717) is 5.69 Å². The average Bonchev–Trinajstić information content (AvgIpc) is 2.76. The Bertz CT molecular complexity index is 1180. The summed E-state index contributed by atoms with van der Waals surface area (Å²) < 4.78 is 4.86. The second-order valence-corrected chi connectivity index (χ2v) is 6.75. The number of carbonyl (C=O) groups excluding carboxylic acids is 3. The molecular formula is C21H16ClN3O6. The van der Waals surface area contributed by atoms with Crippen molar-refractivity contribution < 1.29 is 24.0 Å². The number of carbonyl (C=O) groups is 3. The van der Waals surface area contributed by atoms with Crippen LogP contribution in [0.1, 0.15) is 10.4 Å². The predicted octanol–water partition coefficient (Wildman–Crippen LogP) is 3.31. The summed E-state index contributed by atoms with van der Waals surface area (Å²) in [5, 5.41) is 17.5. The van der Waals surface area contributed by atoms with E-state index in [-0.39, 0.29) is 10.6 Å². The molecular weight excluding hydrogens is 426 g/mol. The van der Waals surface area contributed by atoms with Crippen LogP contribution in [0.2, 0.25) is 5.02 Å². The highest BCUT2D eigenvalue weighted by Crippen LogP contribution is 2.25. The van der Waals surface area contributed by atoms with Crippen molar-refractivity contribution in [2.75, 3.05) is 18.5 Å². The molecule has 0 unspecified atom stereocenters. The topological polar surface area (TPSA) is 128 Å². The lowest BCUT2D eigenvalue weighted by atomic mass is 10.1. The highest BCUT2D eigenvalue weighted by Gasteiger charge is 2.17. The number of hydrogen-bond donors (Lipinski definition) is 2. The molecule has 0 aromatic heterocycles. The van der Waals surface area contributed by atoms with E-state index in [1.54, 1.807) is 12.1 Å². The molecule has 0 saturated heterocycles. The molecule has 3 aromatic rings. The number of benzene rings is 3. The van der Waals surface area contributed by atoms with Gasteiger partial charge in [-0.1, -0.05) is 48.0 Å². The molecule has 0 saturated carbocycles. The van der Waals surface area contributed by atoms with Gasteiger partial charge in [-0.15, -0.1) is 0 Å². The predicted molar refractivity (Wildman–Crippen MR) is 114 cm³/mol. The second kappa shape index (κ2) is 9.68. The SMILES string of the molecule is O=C(COC(=O)CNC(=O)c1ccc(Cl)c([N+](=O)[O-])c1)Nc1cccc2ccccc12. The van der Waals surface area contributed by atoms with E-state index in [4.69, 9.17) is 16.3 Å².